The molecule has 69 heavy (non-hydrogen) atoms. The monoisotopic (exact) mass is 971 g/mol. The summed E-state index contributed by atoms with van der Waals surface area (Å²) in [6.07, 6.45) is 43.2. The lowest BCUT2D eigenvalue weighted by Crippen LogP contribution is -2.61. The van der Waals surface area contributed by atoms with E-state index in [-0.39, 0.29) is 25.9 Å². The Hall–Kier alpha value is -3.84. The average Bonchev–Trinajstić information content (AvgIpc) is 3.33. The summed E-state index contributed by atoms with van der Waals surface area (Å²) < 4.78 is 28.3. The molecule has 12 nitrogen and oxygen atoms in total. The van der Waals surface area contributed by atoms with Gasteiger partial charge in [-0.15, -0.1) is 0 Å². The highest BCUT2D eigenvalue weighted by Gasteiger charge is 2.50. The number of carboxylic acids is 1. The largest absolute Gasteiger partial charge is 0.479 e. The summed E-state index contributed by atoms with van der Waals surface area (Å²) in [5, 5.41) is 31.4. The first-order valence-electron chi connectivity index (χ1n) is 26.9. The van der Waals surface area contributed by atoms with Crippen LogP contribution in [0.15, 0.2) is 72.9 Å². The molecule has 394 valence electrons. The molecule has 1 fully saturated rings. The molecule has 1 rings (SSSR count). The Balaban J connectivity index is 2.74. The Morgan fingerprint density at radius 2 is 0.913 bits per heavy atom. The molecule has 1 saturated heterocycles. The van der Waals surface area contributed by atoms with E-state index in [0.29, 0.717) is 19.3 Å². The molecule has 0 radical (unpaired) electrons. The predicted molar refractivity (Wildman–Crippen MR) is 275 cm³/mol. The van der Waals surface area contributed by atoms with Gasteiger partial charge in [-0.2, -0.15) is 0 Å². The zero-order valence-corrected chi connectivity index (χ0v) is 43.0. The highest BCUT2D eigenvalue weighted by molar-refractivity contribution is 5.74. The van der Waals surface area contributed by atoms with Crippen molar-refractivity contribution in [1.29, 1.82) is 0 Å². The van der Waals surface area contributed by atoms with Crippen molar-refractivity contribution in [3.8, 4) is 0 Å². The number of esters is 3. The van der Waals surface area contributed by atoms with Gasteiger partial charge in [-0.25, -0.2) is 4.79 Å². The Morgan fingerprint density at radius 1 is 0.493 bits per heavy atom. The molecule has 0 bridgehead atoms. The van der Waals surface area contributed by atoms with Crippen LogP contribution in [0.2, 0.25) is 0 Å². The van der Waals surface area contributed by atoms with Crippen molar-refractivity contribution in [3.63, 3.8) is 0 Å². The lowest BCUT2D eigenvalue weighted by atomic mass is 9.98. The average molecular weight is 971 g/mol. The molecule has 12 heteroatoms. The SMILES string of the molecule is CC/C=C\C/C=C\C/C=C\CCCCCCCC(=O)OC1C(OCC(COC(=O)CCCCC/C=C\C/C=C\C/C=C\CC)OC(=O)CCCCCCCCCCCCC)OC(C(=O)O)C(O)C1O. The maximum absolute atomic E-state index is 13.1. The van der Waals surface area contributed by atoms with Crippen molar-refractivity contribution in [2.75, 3.05) is 13.2 Å². The van der Waals surface area contributed by atoms with Gasteiger partial charge >= 0.3 is 23.9 Å². The van der Waals surface area contributed by atoms with Crippen LogP contribution in [0.1, 0.15) is 213 Å². The van der Waals surface area contributed by atoms with Gasteiger partial charge in [0.2, 0.25) is 0 Å². The van der Waals surface area contributed by atoms with Gasteiger partial charge in [-0.05, 0) is 83.5 Å². The number of hydrogen-bond acceptors (Lipinski definition) is 11. The standard InChI is InChI=1S/C57H94O12/c1-4-7-10-13-16-19-22-24-25-27-30-33-36-39-42-45-51(60)68-55-53(62)52(61)54(56(63)64)69-57(55)66-47-48(67-50(59)44-41-38-35-32-28-21-18-15-12-9-6-3)46-65-49(58)43-40-37-34-31-29-26-23-20-17-14-11-8-5-2/h7-8,10-11,16-17,19-20,24-26,29,48,52-55,57,61-62H,4-6,9,12-15,18,21-23,27-28,30-47H2,1-3H3,(H,63,64)/b10-7-,11-8-,19-16-,20-17-,25-24-,29-26-. The van der Waals surface area contributed by atoms with Gasteiger partial charge in [0.15, 0.2) is 24.6 Å². The van der Waals surface area contributed by atoms with Gasteiger partial charge in [0, 0.05) is 19.3 Å². The number of ether oxygens (including phenoxy) is 5. The van der Waals surface area contributed by atoms with E-state index in [1.807, 2.05) is 0 Å². The minimum absolute atomic E-state index is 0.0367. The van der Waals surface area contributed by atoms with E-state index in [2.05, 4.69) is 93.7 Å². The van der Waals surface area contributed by atoms with Gasteiger partial charge in [-0.1, -0.05) is 184 Å². The minimum Gasteiger partial charge on any atom is -0.479 e. The fourth-order valence-electron chi connectivity index (χ4n) is 7.69. The van der Waals surface area contributed by atoms with Crippen LogP contribution >= 0.6 is 0 Å². The molecule has 0 aromatic rings. The summed E-state index contributed by atoms with van der Waals surface area (Å²) in [6.45, 7) is 5.70. The Bertz CT molecular complexity index is 1480. The number of carbonyl (C=O) groups is 4. The van der Waals surface area contributed by atoms with E-state index in [1.54, 1.807) is 0 Å². The first-order chi connectivity index (χ1) is 33.6. The number of allylic oxidation sites excluding steroid dienone is 12. The zero-order chi connectivity index (χ0) is 50.4. The number of carbonyl (C=O) groups excluding carboxylic acids is 3. The van der Waals surface area contributed by atoms with Gasteiger partial charge in [-0.3, -0.25) is 14.4 Å². The lowest BCUT2D eigenvalue weighted by Gasteiger charge is -2.40. The number of rotatable bonds is 44. The van der Waals surface area contributed by atoms with E-state index < -0.39 is 67.3 Å². The Labute approximate surface area is 417 Å². The molecular weight excluding hydrogens is 877 g/mol. The van der Waals surface area contributed by atoms with Gasteiger partial charge in [0.05, 0.1) is 6.61 Å². The summed E-state index contributed by atoms with van der Waals surface area (Å²) in [4.78, 5) is 50.9. The number of carboxylic acid groups (broad SMARTS) is 1. The van der Waals surface area contributed by atoms with Crippen LogP contribution in [0.4, 0.5) is 0 Å². The van der Waals surface area contributed by atoms with Crippen molar-refractivity contribution < 1.29 is 58.2 Å². The molecule has 0 amide bonds. The van der Waals surface area contributed by atoms with Crippen LogP contribution in [0.25, 0.3) is 0 Å². The van der Waals surface area contributed by atoms with E-state index in [9.17, 15) is 34.5 Å². The highest BCUT2D eigenvalue weighted by Crippen LogP contribution is 2.26. The van der Waals surface area contributed by atoms with E-state index in [0.717, 1.165) is 109 Å². The molecule has 0 saturated carbocycles. The number of hydrogen-bond donors (Lipinski definition) is 3. The first kappa shape index (κ1) is 63.2. The number of unbranched alkanes of at least 4 members (excludes halogenated alkanes) is 18. The fraction of sp³-hybridized carbons (Fsp3) is 0.719. The molecule has 6 unspecified atom stereocenters. The molecular formula is C57H94O12. The van der Waals surface area contributed by atoms with E-state index in [4.69, 9.17) is 23.7 Å². The molecule has 1 aliphatic heterocycles. The van der Waals surface area contributed by atoms with E-state index >= 15 is 0 Å². The molecule has 6 atom stereocenters. The van der Waals surface area contributed by atoms with Crippen LogP contribution in [-0.2, 0) is 42.9 Å². The van der Waals surface area contributed by atoms with Crippen molar-refractivity contribution >= 4 is 23.9 Å². The molecule has 0 spiro atoms. The second kappa shape index (κ2) is 45.3. The molecule has 0 aromatic carbocycles. The van der Waals surface area contributed by atoms with Crippen molar-refractivity contribution in [2.24, 2.45) is 0 Å². The summed E-state index contributed by atoms with van der Waals surface area (Å²) in [6, 6.07) is 0. The third-order valence-electron chi connectivity index (χ3n) is 11.8. The molecule has 0 aromatic heterocycles. The van der Waals surface area contributed by atoms with Crippen LogP contribution < -0.4 is 0 Å². The maximum atomic E-state index is 13.1. The highest BCUT2D eigenvalue weighted by atomic mass is 16.7. The van der Waals surface area contributed by atoms with Crippen LogP contribution in [0, 0.1) is 0 Å². The predicted octanol–water partition coefficient (Wildman–Crippen LogP) is 13.0. The lowest BCUT2D eigenvalue weighted by molar-refractivity contribution is -0.301. The normalized spacial score (nSPS) is 19.2. The molecule has 3 N–H and O–H groups in total. The topological polar surface area (TPSA) is 175 Å². The first-order valence-corrected chi connectivity index (χ1v) is 26.9. The fourth-order valence-corrected chi connectivity index (χ4v) is 7.69. The van der Waals surface area contributed by atoms with Gasteiger partial charge < -0.3 is 39.0 Å². The quantitative estimate of drug-likeness (QED) is 0.0228. The Kier molecular flexibility index (Phi) is 41.5. The smallest absolute Gasteiger partial charge is 0.335 e. The Morgan fingerprint density at radius 3 is 1.41 bits per heavy atom. The van der Waals surface area contributed by atoms with Crippen LogP contribution in [0.3, 0.4) is 0 Å². The van der Waals surface area contributed by atoms with Crippen molar-refractivity contribution in [1.82, 2.24) is 0 Å². The zero-order valence-electron chi connectivity index (χ0n) is 43.0. The van der Waals surface area contributed by atoms with Crippen LogP contribution in [0.5, 0.6) is 0 Å². The van der Waals surface area contributed by atoms with Gasteiger partial charge in [0.25, 0.3) is 0 Å². The molecule has 1 aliphatic rings. The summed E-state index contributed by atoms with van der Waals surface area (Å²) in [7, 11) is 0. The van der Waals surface area contributed by atoms with Crippen molar-refractivity contribution in [3.05, 3.63) is 72.9 Å². The number of aliphatic hydroxyl groups is 2. The third kappa shape index (κ3) is 35.8. The summed E-state index contributed by atoms with van der Waals surface area (Å²) in [5.41, 5.74) is 0. The second-order valence-electron chi connectivity index (χ2n) is 18.1. The number of aliphatic carboxylic acids is 1. The molecule has 1 heterocycles. The van der Waals surface area contributed by atoms with Crippen LogP contribution in [-0.4, -0.2) is 89.2 Å². The molecule has 0 aliphatic carbocycles. The van der Waals surface area contributed by atoms with Crippen molar-refractivity contribution in [2.45, 2.75) is 250 Å². The van der Waals surface area contributed by atoms with E-state index in [1.165, 1.54) is 44.9 Å². The maximum Gasteiger partial charge on any atom is 0.335 e. The third-order valence-corrected chi connectivity index (χ3v) is 11.8. The second-order valence-corrected chi connectivity index (χ2v) is 18.1. The number of aliphatic hydroxyl groups excluding tert-OH is 2. The summed E-state index contributed by atoms with van der Waals surface area (Å²) in [5.74, 6) is -3.18. The summed E-state index contributed by atoms with van der Waals surface area (Å²) >= 11 is 0. The minimum atomic E-state index is -1.91. The van der Waals surface area contributed by atoms with Gasteiger partial charge in [0.1, 0.15) is 18.8 Å².